The monoisotopic (exact) mass is 222 g/mol. The van der Waals surface area contributed by atoms with Crippen LogP contribution in [0.5, 0.6) is 0 Å². The summed E-state index contributed by atoms with van der Waals surface area (Å²) >= 11 is 5.30. The maximum absolute atomic E-state index is 10.4. The summed E-state index contributed by atoms with van der Waals surface area (Å²) in [5, 5.41) is 8.57. The second kappa shape index (κ2) is 5.61. The highest BCUT2D eigenvalue weighted by Gasteiger charge is 2.11. The Bertz CT molecular complexity index is 346. The van der Waals surface area contributed by atoms with Crippen LogP contribution in [0.4, 0.5) is 0 Å². The summed E-state index contributed by atoms with van der Waals surface area (Å²) in [5.74, 6) is -0.629. The number of hydrogen-bond acceptors (Lipinski definition) is 2. The SMILES string of the molecule is CC(CCC(=O)O)C(=S)c1ccccc1. The fraction of sp³-hybridized carbons (Fsp3) is 0.333. The first-order valence-corrected chi connectivity index (χ1v) is 5.33. The van der Waals surface area contributed by atoms with Crippen LogP contribution in [0.15, 0.2) is 30.3 Å². The second-order valence-corrected chi connectivity index (χ2v) is 4.00. The highest BCUT2D eigenvalue weighted by atomic mass is 32.1. The third-order valence-electron chi connectivity index (χ3n) is 2.30. The number of carboxylic acid groups (broad SMARTS) is 1. The van der Waals surface area contributed by atoms with Crippen molar-refractivity contribution in [3.63, 3.8) is 0 Å². The van der Waals surface area contributed by atoms with E-state index in [2.05, 4.69) is 0 Å². The minimum absolute atomic E-state index is 0.137. The minimum atomic E-state index is -0.766. The van der Waals surface area contributed by atoms with Crippen molar-refractivity contribution < 1.29 is 9.90 Å². The van der Waals surface area contributed by atoms with E-state index in [9.17, 15) is 4.79 Å². The van der Waals surface area contributed by atoms with Gasteiger partial charge in [-0.2, -0.15) is 0 Å². The zero-order valence-corrected chi connectivity index (χ0v) is 9.46. The van der Waals surface area contributed by atoms with Gasteiger partial charge in [-0.05, 0) is 17.9 Å². The summed E-state index contributed by atoms with van der Waals surface area (Å²) in [6, 6.07) is 9.73. The summed E-state index contributed by atoms with van der Waals surface area (Å²) in [6.07, 6.45) is 0.775. The van der Waals surface area contributed by atoms with E-state index in [-0.39, 0.29) is 12.3 Å². The fourth-order valence-corrected chi connectivity index (χ4v) is 1.61. The van der Waals surface area contributed by atoms with Crippen molar-refractivity contribution >= 4 is 23.1 Å². The van der Waals surface area contributed by atoms with Crippen molar-refractivity contribution in [2.45, 2.75) is 19.8 Å². The van der Waals surface area contributed by atoms with Crippen LogP contribution < -0.4 is 0 Å². The molecular formula is C12H14O2S. The Kier molecular flexibility index (Phi) is 4.43. The first-order valence-electron chi connectivity index (χ1n) is 4.92. The van der Waals surface area contributed by atoms with Crippen molar-refractivity contribution in [1.82, 2.24) is 0 Å². The molecule has 1 aromatic carbocycles. The highest BCUT2D eigenvalue weighted by Crippen LogP contribution is 2.14. The number of hydrogen-bond donors (Lipinski definition) is 1. The molecule has 1 atom stereocenters. The van der Waals surface area contributed by atoms with Gasteiger partial charge in [0.05, 0.1) is 0 Å². The minimum Gasteiger partial charge on any atom is -0.481 e. The largest absolute Gasteiger partial charge is 0.481 e. The van der Waals surface area contributed by atoms with E-state index in [4.69, 9.17) is 17.3 Å². The van der Waals surface area contributed by atoms with Crippen LogP contribution in [0.2, 0.25) is 0 Å². The zero-order chi connectivity index (χ0) is 11.3. The molecule has 0 heterocycles. The topological polar surface area (TPSA) is 37.3 Å². The number of thiocarbonyl (C=S) groups is 1. The van der Waals surface area contributed by atoms with Gasteiger partial charge in [0.2, 0.25) is 0 Å². The van der Waals surface area contributed by atoms with Gasteiger partial charge in [0.1, 0.15) is 0 Å². The normalized spacial score (nSPS) is 12.1. The van der Waals surface area contributed by atoms with Gasteiger partial charge in [0.15, 0.2) is 0 Å². The van der Waals surface area contributed by atoms with Crippen molar-refractivity contribution in [1.29, 1.82) is 0 Å². The van der Waals surface area contributed by atoms with Crippen LogP contribution in [0.1, 0.15) is 25.3 Å². The van der Waals surface area contributed by atoms with Crippen molar-refractivity contribution in [3.8, 4) is 0 Å². The molecule has 2 nitrogen and oxygen atoms in total. The van der Waals surface area contributed by atoms with Gasteiger partial charge in [-0.15, -0.1) is 0 Å². The smallest absolute Gasteiger partial charge is 0.303 e. The fourth-order valence-electron chi connectivity index (χ4n) is 1.36. The number of aliphatic carboxylic acids is 1. The van der Waals surface area contributed by atoms with E-state index in [1.54, 1.807) is 0 Å². The molecule has 0 bridgehead atoms. The van der Waals surface area contributed by atoms with E-state index in [0.29, 0.717) is 6.42 Å². The lowest BCUT2D eigenvalue weighted by molar-refractivity contribution is -0.137. The molecular weight excluding hydrogens is 208 g/mol. The molecule has 0 aliphatic rings. The van der Waals surface area contributed by atoms with Crippen molar-refractivity contribution in [2.24, 2.45) is 5.92 Å². The summed E-state index contributed by atoms with van der Waals surface area (Å²) in [5.41, 5.74) is 1.02. The Balaban J connectivity index is 2.57. The highest BCUT2D eigenvalue weighted by molar-refractivity contribution is 7.80. The van der Waals surface area contributed by atoms with Crippen LogP contribution in [-0.2, 0) is 4.79 Å². The zero-order valence-electron chi connectivity index (χ0n) is 8.64. The van der Waals surface area contributed by atoms with Gasteiger partial charge in [-0.3, -0.25) is 4.79 Å². The number of carboxylic acids is 1. The lowest BCUT2D eigenvalue weighted by Gasteiger charge is -2.11. The molecule has 0 radical (unpaired) electrons. The van der Waals surface area contributed by atoms with Gasteiger partial charge in [0.25, 0.3) is 0 Å². The Morgan fingerprint density at radius 1 is 1.40 bits per heavy atom. The molecule has 1 unspecified atom stereocenters. The first kappa shape index (κ1) is 11.9. The number of benzene rings is 1. The van der Waals surface area contributed by atoms with Crippen molar-refractivity contribution in [3.05, 3.63) is 35.9 Å². The van der Waals surface area contributed by atoms with Gasteiger partial charge in [0, 0.05) is 11.3 Å². The van der Waals surface area contributed by atoms with Crippen LogP contribution in [0.3, 0.4) is 0 Å². The number of rotatable bonds is 5. The van der Waals surface area contributed by atoms with Crippen LogP contribution in [0.25, 0.3) is 0 Å². The first-order chi connectivity index (χ1) is 7.11. The van der Waals surface area contributed by atoms with Gasteiger partial charge in [-0.1, -0.05) is 49.5 Å². The molecule has 1 N–H and O–H groups in total. The molecule has 0 aromatic heterocycles. The summed E-state index contributed by atoms with van der Waals surface area (Å²) < 4.78 is 0. The molecule has 0 aliphatic heterocycles. The molecule has 0 saturated carbocycles. The van der Waals surface area contributed by atoms with E-state index in [1.165, 1.54) is 0 Å². The Labute approximate surface area is 94.9 Å². The van der Waals surface area contributed by atoms with Crippen LogP contribution in [0, 0.1) is 5.92 Å². The third-order valence-corrected chi connectivity index (χ3v) is 2.94. The lowest BCUT2D eigenvalue weighted by atomic mass is 9.96. The Morgan fingerprint density at radius 3 is 2.53 bits per heavy atom. The van der Waals surface area contributed by atoms with Crippen LogP contribution >= 0.6 is 12.2 Å². The van der Waals surface area contributed by atoms with Gasteiger partial charge < -0.3 is 5.11 Å². The standard InChI is InChI=1S/C12H14O2S/c1-9(7-8-11(13)14)12(15)10-5-3-2-4-6-10/h2-6,9H,7-8H2,1H3,(H,13,14). The number of carbonyl (C=O) groups is 1. The molecule has 0 aliphatic carbocycles. The average molecular weight is 222 g/mol. The summed E-state index contributed by atoms with van der Waals surface area (Å²) in [4.78, 5) is 11.3. The van der Waals surface area contributed by atoms with E-state index < -0.39 is 5.97 Å². The lowest BCUT2D eigenvalue weighted by Crippen LogP contribution is -2.11. The quantitative estimate of drug-likeness (QED) is 0.615. The molecule has 1 rings (SSSR count). The maximum atomic E-state index is 10.4. The predicted octanol–water partition coefficient (Wildman–Crippen LogP) is 2.91. The molecule has 0 saturated heterocycles. The summed E-state index contributed by atoms with van der Waals surface area (Å²) in [6.45, 7) is 1.97. The molecule has 0 fully saturated rings. The van der Waals surface area contributed by atoms with E-state index in [1.807, 2.05) is 37.3 Å². The molecule has 0 spiro atoms. The molecule has 3 heteroatoms. The van der Waals surface area contributed by atoms with E-state index >= 15 is 0 Å². The second-order valence-electron chi connectivity index (χ2n) is 3.56. The van der Waals surface area contributed by atoms with E-state index in [0.717, 1.165) is 10.4 Å². The average Bonchev–Trinajstić information content (AvgIpc) is 2.26. The Morgan fingerprint density at radius 2 is 2.00 bits per heavy atom. The van der Waals surface area contributed by atoms with Gasteiger partial charge >= 0.3 is 5.97 Å². The van der Waals surface area contributed by atoms with Gasteiger partial charge in [-0.25, -0.2) is 0 Å². The van der Waals surface area contributed by atoms with Crippen molar-refractivity contribution in [2.75, 3.05) is 0 Å². The van der Waals surface area contributed by atoms with Crippen LogP contribution in [-0.4, -0.2) is 15.9 Å². The summed E-state index contributed by atoms with van der Waals surface area (Å²) in [7, 11) is 0. The predicted molar refractivity (Wildman–Crippen MR) is 64.2 cm³/mol. The molecule has 80 valence electrons. The molecule has 1 aromatic rings. The maximum Gasteiger partial charge on any atom is 0.303 e. The third kappa shape index (κ3) is 3.80. The molecule has 15 heavy (non-hydrogen) atoms. The Hall–Kier alpha value is -1.22. The molecule has 0 amide bonds.